The molecule has 0 saturated carbocycles. The minimum absolute atomic E-state index is 0.251. The van der Waals surface area contributed by atoms with Crippen molar-refractivity contribution in [3.05, 3.63) is 23.9 Å². The minimum Gasteiger partial charge on any atom is -0.462 e. The van der Waals surface area contributed by atoms with Crippen molar-refractivity contribution >= 4 is 17.6 Å². The molecule has 0 saturated heterocycles. The van der Waals surface area contributed by atoms with Crippen molar-refractivity contribution < 1.29 is 9.53 Å². The van der Waals surface area contributed by atoms with Crippen LogP contribution in [0.4, 0.5) is 0 Å². The number of hydrogen-bond acceptors (Lipinski definition) is 3. The molecule has 0 aromatic rings. The average Bonchev–Trinajstić information content (AvgIpc) is 3.06. The molecule has 1 aliphatic heterocycles. The van der Waals surface area contributed by atoms with Crippen molar-refractivity contribution in [1.82, 2.24) is 4.90 Å². The van der Waals surface area contributed by atoms with Gasteiger partial charge in [0, 0.05) is 12.7 Å². The van der Waals surface area contributed by atoms with Crippen LogP contribution in [-0.2, 0) is 9.53 Å². The Morgan fingerprint density at radius 2 is 0.870 bits per heavy atom. The van der Waals surface area contributed by atoms with Crippen LogP contribution in [0, 0.1) is 0 Å². The zero-order valence-electron chi connectivity index (χ0n) is 31.0. The van der Waals surface area contributed by atoms with E-state index in [-0.39, 0.29) is 5.97 Å². The highest BCUT2D eigenvalue weighted by atomic mass is 35.5. The second kappa shape index (κ2) is 33.9. The molecule has 46 heavy (non-hydrogen) atoms. The number of carbonyl (C=O) groups excluding carboxylic acids is 1. The number of nitrogens with zero attached hydrogens (tertiary/aromatic N) is 1. The molecule has 3 nitrogen and oxygen atoms in total. The Labute approximate surface area is 293 Å². The lowest BCUT2D eigenvalue weighted by atomic mass is 10.0. The molecule has 0 bridgehead atoms. The second-order valence-electron chi connectivity index (χ2n) is 14.3. The van der Waals surface area contributed by atoms with E-state index in [1.165, 1.54) is 186 Å². The van der Waals surface area contributed by atoms with Gasteiger partial charge in [-0.1, -0.05) is 218 Å². The van der Waals surface area contributed by atoms with E-state index in [1.54, 1.807) is 0 Å². The lowest BCUT2D eigenvalue weighted by Crippen LogP contribution is -2.34. The van der Waals surface area contributed by atoms with E-state index >= 15 is 0 Å². The van der Waals surface area contributed by atoms with Gasteiger partial charge in [-0.25, -0.2) is 4.79 Å². The van der Waals surface area contributed by atoms with E-state index in [2.05, 4.69) is 18.7 Å². The zero-order chi connectivity index (χ0) is 33.2. The van der Waals surface area contributed by atoms with Crippen molar-refractivity contribution in [2.24, 2.45) is 0 Å². The molecule has 1 atom stereocenters. The maximum Gasteiger partial charge on any atom is 0.337 e. The molecule has 1 aliphatic rings. The number of allylic oxidation sites excluding steroid dienone is 2. The van der Waals surface area contributed by atoms with E-state index in [9.17, 15) is 4.79 Å². The van der Waals surface area contributed by atoms with Gasteiger partial charge in [-0.05, 0) is 25.0 Å². The van der Waals surface area contributed by atoms with Crippen LogP contribution in [0.1, 0.15) is 219 Å². The fraction of sp³-hybridized carbons (Fsp3) is 0.881. The molecule has 0 spiro atoms. The van der Waals surface area contributed by atoms with Crippen molar-refractivity contribution in [2.75, 3.05) is 13.2 Å². The Bertz CT molecular complexity index is 720. The third-order valence-corrected chi connectivity index (χ3v) is 10.3. The molecule has 270 valence electrons. The Balaban J connectivity index is 1.88. The first kappa shape index (κ1) is 43.1. The minimum atomic E-state index is -0.417. The molecule has 0 fully saturated rings. The number of carbonyl (C=O) groups is 1. The molecule has 1 rings (SSSR count). The van der Waals surface area contributed by atoms with Crippen LogP contribution in [0.15, 0.2) is 23.9 Å². The Kier molecular flexibility index (Phi) is 31.8. The Hall–Kier alpha value is -0.960. The van der Waals surface area contributed by atoms with Crippen LogP contribution >= 0.6 is 11.6 Å². The fourth-order valence-corrected chi connectivity index (χ4v) is 7.01. The van der Waals surface area contributed by atoms with E-state index in [0.717, 1.165) is 25.8 Å². The molecule has 0 aromatic carbocycles. The zero-order valence-corrected chi connectivity index (χ0v) is 31.7. The molecule has 0 amide bonds. The molecule has 1 unspecified atom stereocenters. The molecule has 0 radical (unpaired) electrons. The summed E-state index contributed by atoms with van der Waals surface area (Å²) in [5.74, 6) is -0.251. The number of alkyl halides is 1. The summed E-state index contributed by atoms with van der Waals surface area (Å²) >= 11 is 6.69. The van der Waals surface area contributed by atoms with Gasteiger partial charge in [-0.15, -0.1) is 0 Å². The van der Waals surface area contributed by atoms with Gasteiger partial charge in [0.15, 0.2) is 0 Å². The quantitative estimate of drug-likeness (QED) is 0.0292. The van der Waals surface area contributed by atoms with Gasteiger partial charge in [0.1, 0.15) is 5.50 Å². The van der Waals surface area contributed by atoms with Crippen LogP contribution < -0.4 is 0 Å². The normalized spacial score (nSPS) is 14.6. The maximum atomic E-state index is 12.7. The largest absolute Gasteiger partial charge is 0.462 e. The predicted molar refractivity (Wildman–Crippen MR) is 204 cm³/mol. The summed E-state index contributed by atoms with van der Waals surface area (Å²) in [7, 11) is 0. The van der Waals surface area contributed by atoms with Gasteiger partial charge in [0.05, 0.1) is 12.2 Å². The lowest BCUT2D eigenvalue weighted by Gasteiger charge is -2.29. The summed E-state index contributed by atoms with van der Waals surface area (Å²) in [4.78, 5) is 14.7. The van der Waals surface area contributed by atoms with E-state index in [4.69, 9.17) is 16.3 Å². The number of ether oxygens (including phenoxy) is 1. The molecular weight excluding hydrogens is 586 g/mol. The number of unbranched alkanes of at least 4 members (excludes halogenated alkanes) is 30. The van der Waals surface area contributed by atoms with Crippen molar-refractivity contribution in [3.8, 4) is 0 Å². The first-order valence-corrected chi connectivity index (χ1v) is 21.1. The highest BCUT2D eigenvalue weighted by molar-refractivity contribution is 6.25. The van der Waals surface area contributed by atoms with Crippen molar-refractivity contribution in [1.29, 1.82) is 0 Å². The molecule has 0 aliphatic carbocycles. The predicted octanol–water partition coefficient (Wildman–Crippen LogP) is 14.4. The average molecular weight is 665 g/mol. The van der Waals surface area contributed by atoms with E-state index in [0.29, 0.717) is 12.2 Å². The Morgan fingerprint density at radius 1 is 0.543 bits per heavy atom. The summed E-state index contributed by atoms with van der Waals surface area (Å²) in [5, 5.41) is 0. The number of hydrogen-bond donors (Lipinski definition) is 0. The summed E-state index contributed by atoms with van der Waals surface area (Å²) in [6, 6.07) is 0. The monoisotopic (exact) mass is 664 g/mol. The van der Waals surface area contributed by atoms with Crippen LogP contribution in [0.5, 0.6) is 0 Å². The van der Waals surface area contributed by atoms with E-state index in [1.807, 2.05) is 18.4 Å². The van der Waals surface area contributed by atoms with Crippen LogP contribution in [0.3, 0.4) is 0 Å². The highest BCUT2D eigenvalue weighted by Crippen LogP contribution is 2.23. The lowest BCUT2D eigenvalue weighted by molar-refractivity contribution is -0.139. The molecule has 1 heterocycles. The second-order valence-corrected chi connectivity index (χ2v) is 14.7. The van der Waals surface area contributed by atoms with Gasteiger partial charge >= 0.3 is 5.97 Å². The van der Waals surface area contributed by atoms with Crippen LogP contribution in [-0.4, -0.2) is 29.5 Å². The van der Waals surface area contributed by atoms with E-state index < -0.39 is 5.50 Å². The number of esters is 1. The number of rotatable bonds is 35. The number of halogens is 1. The smallest absolute Gasteiger partial charge is 0.337 e. The van der Waals surface area contributed by atoms with Gasteiger partial charge in [0.2, 0.25) is 0 Å². The maximum absolute atomic E-state index is 12.7. The van der Waals surface area contributed by atoms with Crippen LogP contribution in [0.25, 0.3) is 0 Å². The van der Waals surface area contributed by atoms with Crippen molar-refractivity contribution in [3.63, 3.8) is 0 Å². The summed E-state index contributed by atoms with van der Waals surface area (Å²) in [6.07, 6.45) is 49.4. The summed E-state index contributed by atoms with van der Waals surface area (Å²) in [6.45, 7) is 5.96. The van der Waals surface area contributed by atoms with Gasteiger partial charge in [0.25, 0.3) is 0 Å². The van der Waals surface area contributed by atoms with Gasteiger partial charge in [-0.2, -0.15) is 0 Å². The highest BCUT2D eigenvalue weighted by Gasteiger charge is 2.26. The summed E-state index contributed by atoms with van der Waals surface area (Å²) < 4.78 is 5.57. The molecular formula is C42H78ClNO2. The van der Waals surface area contributed by atoms with Crippen LogP contribution in [0.2, 0.25) is 0 Å². The summed E-state index contributed by atoms with van der Waals surface area (Å²) in [5.41, 5.74) is 0.162. The molecule has 0 N–H and O–H groups in total. The topological polar surface area (TPSA) is 29.5 Å². The first-order valence-electron chi connectivity index (χ1n) is 20.7. The van der Waals surface area contributed by atoms with Crippen molar-refractivity contribution in [2.45, 2.75) is 225 Å². The van der Waals surface area contributed by atoms with Gasteiger partial charge in [-0.3, -0.25) is 0 Å². The SMILES string of the molecule is CCCCCCCCCCCCCCCCCCCCCCCCN1C=CC=C(C(=O)OCCCCCCCCCCCC)C1Cl. The molecule has 4 heteroatoms. The third-order valence-electron chi connectivity index (χ3n) is 9.84. The standard InChI is InChI=1S/C42H78ClNO2/c1-3-5-7-9-11-13-15-16-17-18-19-20-21-22-23-24-25-26-27-29-31-33-37-44-38-35-36-40(41(44)43)42(45)46-39-34-32-30-28-14-12-10-8-6-4-2/h35-36,38,41H,3-34,37,39H2,1-2H3. The first-order chi connectivity index (χ1) is 22.7. The molecule has 0 aromatic heterocycles. The third kappa shape index (κ3) is 26.0. The van der Waals surface area contributed by atoms with Gasteiger partial charge < -0.3 is 9.64 Å². The fourth-order valence-electron chi connectivity index (χ4n) is 6.68. The Morgan fingerprint density at radius 3 is 1.24 bits per heavy atom.